The first kappa shape index (κ1) is 31.9. The van der Waals surface area contributed by atoms with Crippen molar-refractivity contribution in [2.24, 2.45) is 11.7 Å². The van der Waals surface area contributed by atoms with Gasteiger partial charge in [0.1, 0.15) is 6.04 Å². The van der Waals surface area contributed by atoms with Crippen LogP contribution in [0.5, 0.6) is 0 Å². The van der Waals surface area contributed by atoms with Gasteiger partial charge in [-0.05, 0) is 50.7 Å². The van der Waals surface area contributed by atoms with Crippen molar-refractivity contribution in [3.05, 3.63) is 83.8 Å². The predicted molar refractivity (Wildman–Crippen MR) is 166 cm³/mol. The summed E-state index contributed by atoms with van der Waals surface area (Å²) in [6.45, 7) is 9.34. The number of nitrogens with one attached hydrogen (secondary N) is 2. The second kappa shape index (κ2) is 14.4. The zero-order chi connectivity index (χ0) is 31.0. The number of piperidine rings is 1. The summed E-state index contributed by atoms with van der Waals surface area (Å²) in [5, 5.41) is 5.56. The molecule has 0 aliphatic carbocycles. The van der Waals surface area contributed by atoms with E-state index in [0.29, 0.717) is 24.0 Å². The van der Waals surface area contributed by atoms with E-state index in [0.717, 1.165) is 37.1 Å². The molecule has 1 aliphatic heterocycles. The van der Waals surface area contributed by atoms with Crippen LogP contribution in [0.4, 0.5) is 5.82 Å². The molecule has 3 aromatic rings. The summed E-state index contributed by atoms with van der Waals surface area (Å²) in [4.78, 5) is 46.2. The van der Waals surface area contributed by atoms with Gasteiger partial charge in [-0.25, -0.2) is 4.98 Å². The summed E-state index contributed by atoms with van der Waals surface area (Å²) in [6, 6.07) is 18.4. The number of ether oxygens (including phenoxy) is 1. The van der Waals surface area contributed by atoms with Gasteiger partial charge in [0.15, 0.2) is 5.82 Å². The minimum Gasteiger partial charge on any atom is -0.374 e. The Kier molecular flexibility index (Phi) is 10.7. The van der Waals surface area contributed by atoms with Crippen LogP contribution in [0.15, 0.2) is 67.0 Å². The van der Waals surface area contributed by atoms with Crippen molar-refractivity contribution in [2.45, 2.75) is 71.2 Å². The van der Waals surface area contributed by atoms with Crippen molar-refractivity contribution >= 4 is 23.5 Å². The molecule has 1 aliphatic rings. The Morgan fingerprint density at radius 3 is 2.30 bits per heavy atom. The molecular formula is C33H44N6O4. The summed E-state index contributed by atoms with van der Waals surface area (Å²) < 4.78 is 7.69. The highest BCUT2D eigenvalue weighted by atomic mass is 16.5. The lowest BCUT2D eigenvalue weighted by molar-refractivity contribution is -0.134. The van der Waals surface area contributed by atoms with Crippen LogP contribution >= 0.6 is 0 Å². The Morgan fingerprint density at radius 2 is 1.67 bits per heavy atom. The van der Waals surface area contributed by atoms with Crippen LogP contribution in [0.25, 0.3) is 0 Å². The number of hydrogen-bond donors (Lipinski definition) is 3. The van der Waals surface area contributed by atoms with Gasteiger partial charge in [-0.1, -0.05) is 67.6 Å². The third kappa shape index (κ3) is 8.75. The first-order chi connectivity index (χ1) is 20.5. The quantitative estimate of drug-likeness (QED) is 0.296. The maximum atomic E-state index is 13.7. The van der Waals surface area contributed by atoms with Crippen LogP contribution in [-0.4, -0.2) is 63.4 Å². The third-order valence-corrected chi connectivity index (χ3v) is 7.92. The summed E-state index contributed by atoms with van der Waals surface area (Å²) >= 11 is 0. The van der Waals surface area contributed by atoms with E-state index in [4.69, 9.17) is 10.5 Å². The molecule has 0 spiro atoms. The third-order valence-electron chi connectivity index (χ3n) is 7.92. The van der Waals surface area contributed by atoms with Crippen LogP contribution in [-0.2, 0) is 32.3 Å². The van der Waals surface area contributed by atoms with Gasteiger partial charge in [0, 0.05) is 19.6 Å². The van der Waals surface area contributed by atoms with E-state index in [1.54, 1.807) is 20.2 Å². The van der Waals surface area contributed by atoms with Gasteiger partial charge >= 0.3 is 0 Å². The van der Waals surface area contributed by atoms with E-state index in [1.165, 1.54) is 0 Å². The fourth-order valence-electron chi connectivity index (χ4n) is 5.01. The highest BCUT2D eigenvalue weighted by Crippen LogP contribution is 2.26. The molecule has 2 atom stereocenters. The molecular weight excluding hydrogens is 544 g/mol. The maximum absolute atomic E-state index is 13.7. The Hall–Kier alpha value is -4.02. The molecule has 1 aromatic heterocycles. The number of nitrogens with two attached hydrogens (primary N) is 1. The fourth-order valence-corrected chi connectivity index (χ4v) is 5.01. The number of aromatic nitrogens is 2. The topological polar surface area (TPSA) is 132 Å². The van der Waals surface area contributed by atoms with E-state index in [9.17, 15) is 14.4 Å². The molecule has 43 heavy (non-hydrogen) atoms. The van der Waals surface area contributed by atoms with Gasteiger partial charge < -0.3 is 30.6 Å². The monoisotopic (exact) mass is 588 g/mol. The summed E-state index contributed by atoms with van der Waals surface area (Å²) in [5.41, 5.74) is 7.38. The van der Waals surface area contributed by atoms with E-state index in [2.05, 4.69) is 22.5 Å². The van der Waals surface area contributed by atoms with E-state index in [-0.39, 0.29) is 19.1 Å². The van der Waals surface area contributed by atoms with Crippen LogP contribution in [0, 0.1) is 12.8 Å². The number of benzene rings is 2. The van der Waals surface area contributed by atoms with Crippen LogP contribution < -0.4 is 16.4 Å². The molecule has 3 amide bonds. The lowest BCUT2D eigenvalue weighted by Gasteiger charge is -2.33. The molecule has 2 aromatic carbocycles. The van der Waals surface area contributed by atoms with Crippen molar-refractivity contribution in [1.29, 1.82) is 0 Å². The van der Waals surface area contributed by atoms with Crippen LogP contribution in [0.2, 0.25) is 0 Å². The SMILES string of the molecule is Cc1c(NC(=O)C(COCc2ccccc2)NC(=O)C(C)(C)N)ncn1CC(C(=O)N1CCC(C)CC1)c1ccccc1. The van der Waals surface area contributed by atoms with Crippen molar-refractivity contribution in [2.75, 3.05) is 25.0 Å². The highest BCUT2D eigenvalue weighted by Gasteiger charge is 2.31. The predicted octanol–water partition coefficient (Wildman–Crippen LogP) is 3.61. The zero-order valence-corrected chi connectivity index (χ0v) is 25.6. The summed E-state index contributed by atoms with van der Waals surface area (Å²) in [5.74, 6) is -0.276. The molecule has 2 heterocycles. The number of likely N-dealkylation sites (tertiary alicyclic amines) is 1. The summed E-state index contributed by atoms with van der Waals surface area (Å²) in [7, 11) is 0. The number of anilines is 1. The first-order valence-electron chi connectivity index (χ1n) is 14.9. The average Bonchev–Trinajstić information content (AvgIpc) is 3.33. The number of carbonyl (C=O) groups excluding carboxylic acids is 3. The normalized spacial score (nSPS) is 15.5. The lowest BCUT2D eigenvalue weighted by atomic mass is 9.94. The number of rotatable bonds is 12. The maximum Gasteiger partial charge on any atom is 0.250 e. The number of nitrogens with zero attached hydrogens (tertiary/aromatic N) is 3. The lowest BCUT2D eigenvalue weighted by Crippen LogP contribution is -2.56. The Balaban J connectivity index is 1.48. The number of carbonyl (C=O) groups is 3. The highest BCUT2D eigenvalue weighted by molar-refractivity contribution is 5.98. The van der Waals surface area contributed by atoms with Crippen molar-refractivity contribution in [3.8, 4) is 0 Å². The van der Waals surface area contributed by atoms with E-state index >= 15 is 0 Å². The molecule has 1 saturated heterocycles. The zero-order valence-electron chi connectivity index (χ0n) is 25.6. The summed E-state index contributed by atoms with van der Waals surface area (Å²) in [6.07, 6.45) is 3.64. The minimum atomic E-state index is -1.18. The van der Waals surface area contributed by atoms with Gasteiger partial charge in [-0.15, -0.1) is 0 Å². The van der Waals surface area contributed by atoms with E-state index < -0.39 is 29.3 Å². The number of amides is 3. The van der Waals surface area contributed by atoms with Crippen molar-refractivity contribution < 1.29 is 19.1 Å². The van der Waals surface area contributed by atoms with E-state index in [1.807, 2.05) is 77.1 Å². The molecule has 0 saturated carbocycles. The molecule has 0 bridgehead atoms. The Labute approximate surface area is 254 Å². The van der Waals surface area contributed by atoms with Gasteiger partial charge in [-0.3, -0.25) is 14.4 Å². The standard InChI is InChI=1S/C33H44N6O4/c1-23-15-17-38(18-16-23)31(41)27(26-13-9-6-10-14-26)19-39-22-35-29(24(39)2)37-30(40)28(36-32(42)33(3,4)34)21-43-20-25-11-7-5-8-12-25/h5-14,22-23,27-28H,15-21,34H2,1-4H3,(H,36,42)(H,37,40). The Bertz CT molecular complexity index is 1360. The van der Waals surface area contributed by atoms with Gasteiger partial charge in [0.25, 0.3) is 5.91 Å². The molecule has 10 heteroatoms. The largest absolute Gasteiger partial charge is 0.374 e. The molecule has 0 radical (unpaired) electrons. The molecule has 4 rings (SSSR count). The smallest absolute Gasteiger partial charge is 0.250 e. The van der Waals surface area contributed by atoms with Crippen molar-refractivity contribution in [3.63, 3.8) is 0 Å². The van der Waals surface area contributed by atoms with Gasteiger partial charge in [0.2, 0.25) is 11.8 Å². The second-order valence-electron chi connectivity index (χ2n) is 12.0. The minimum absolute atomic E-state index is 0.0542. The molecule has 10 nitrogen and oxygen atoms in total. The molecule has 1 fully saturated rings. The van der Waals surface area contributed by atoms with Crippen LogP contribution in [0.3, 0.4) is 0 Å². The fraction of sp³-hybridized carbons (Fsp3) is 0.455. The van der Waals surface area contributed by atoms with Gasteiger partial charge in [-0.2, -0.15) is 0 Å². The van der Waals surface area contributed by atoms with Crippen LogP contribution in [0.1, 0.15) is 56.4 Å². The second-order valence-corrected chi connectivity index (χ2v) is 12.0. The average molecular weight is 589 g/mol. The first-order valence-corrected chi connectivity index (χ1v) is 14.9. The number of hydrogen-bond acceptors (Lipinski definition) is 6. The van der Waals surface area contributed by atoms with Crippen molar-refractivity contribution in [1.82, 2.24) is 19.8 Å². The molecule has 2 unspecified atom stereocenters. The molecule has 4 N–H and O–H groups in total. The van der Waals surface area contributed by atoms with Gasteiger partial charge in [0.05, 0.1) is 36.7 Å². The Morgan fingerprint density at radius 1 is 1.05 bits per heavy atom. The molecule has 230 valence electrons. The number of imidazole rings is 1.